The van der Waals surface area contributed by atoms with Crippen molar-refractivity contribution >= 4 is 23.1 Å². The van der Waals surface area contributed by atoms with E-state index in [9.17, 15) is 10.1 Å². The lowest BCUT2D eigenvalue weighted by Crippen LogP contribution is -1.96. The van der Waals surface area contributed by atoms with Crippen molar-refractivity contribution in [3.63, 3.8) is 0 Å². The number of benzene rings is 1. The molecule has 0 fully saturated rings. The second-order valence-electron chi connectivity index (χ2n) is 3.78. The van der Waals surface area contributed by atoms with Crippen LogP contribution in [0.25, 0.3) is 0 Å². The predicted octanol–water partition coefficient (Wildman–Crippen LogP) is 3.37. The SMILES string of the molecule is Cc1occc1SCc1ccc([N+](=O)[O-])c(N)c1. The van der Waals surface area contributed by atoms with Gasteiger partial charge < -0.3 is 10.2 Å². The summed E-state index contributed by atoms with van der Waals surface area (Å²) in [5.74, 6) is 1.57. The Morgan fingerprint density at radius 2 is 2.22 bits per heavy atom. The molecular formula is C12H12N2O3S. The van der Waals surface area contributed by atoms with Gasteiger partial charge in [-0.05, 0) is 24.6 Å². The summed E-state index contributed by atoms with van der Waals surface area (Å²) in [5, 5.41) is 10.6. The lowest BCUT2D eigenvalue weighted by Gasteiger charge is -2.03. The molecule has 0 radical (unpaired) electrons. The van der Waals surface area contributed by atoms with E-state index in [-0.39, 0.29) is 11.4 Å². The number of nitrogens with two attached hydrogens (primary N) is 1. The van der Waals surface area contributed by atoms with E-state index < -0.39 is 4.92 Å². The molecule has 0 saturated carbocycles. The van der Waals surface area contributed by atoms with Crippen LogP contribution < -0.4 is 5.73 Å². The van der Waals surface area contributed by atoms with Crippen molar-refractivity contribution in [1.82, 2.24) is 0 Å². The maximum absolute atomic E-state index is 10.6. The Morgan fingerprint density at radius 1 is 1.44 bits per heavy atom. The van der Waals surface area contributed by atoms with E-state index in [4.69, 9.17) is 10.2 Å². The second-order valence-corrected chi connectivity index (χ2v) is 4.80. The minimum atomic E-state index is -0.480. The summed E-state index contributed by atoms with van der Waals surface area (Å²) in [6, 6.07) is 6.69. The normalized spacial score (nSPS) is 10.5. The van der Waals surface area contributed by atoms with Crippen LogP contribution in [0.1, 0.15) is 11.3 Å². The number of nitro groups is 1. The van der Waals surface area contributed by atoms with Gasteiger partial charge >= 0.3 is 0 Å². The van der Waals surface area contributed by atoms with Crippen LogP contribution in [0.2, 0.25) is 0 Å². The summed E-state index contributed by atoms with van der Waals surface area (Å²) >= 11 is 1.61. The molecule has 94 valence electrons. The number of aryl methyl sites for hydroxylation is 1. The molecule has 0 aliphatic carbocycles. The van der Waals surface area contributed by atoms with Crippen molar-refractivity contribution in [2.75, 3.05) is 5.73 Å². The first kappa shape index (κ1) is 12.5. The third kappa shape index (κ3) is 2.65. The van der Waals surface area contributed by atoms with E-state index in [1.807, 2.05) is 13.0 Å². The average Bonchev–Trinajstić information content (AvgIpc) is 2.72. The highest BCUT2D eigenvalue weighted by atomic mass is 32.2. The number of nitrogen functional groups attached to an aromatic ring is 1. The van der Waals surface area contributed by atoms with Gasteiger partial charge in [0.15, 0.2) is 0 Å². The van der Waals surface area contributed by atoms with E-state index in [1.54, 1.807) is 30.2 Å². The Bertz CT molecular complexity index is 580. The quantitative estimate of drug-likeness (QED) is 0.396. The summed E-state index contributed by atoms with van der Waals surface area (Å²) in [7, 11) is 0. The number of anilines is 1. The van der Waals surface area contributed by atoms with Gasteiger partial charge in [-0.2, -0.15) is 0 Å². The fraction of sp³-hybridized carbons (Fsp3) is 0.167. The Balaban J connectivity index is 2.09. The van der Waals surface area contributed by atoms with Crippen molar-refractivity contribution < 1.29 is 9.34 Å². The number of thioether (sulfide) groups is 1. The largest absolute Gasteiger partial charge is 0.468 e. The van der Waals surface area contributed by atoms with Gasteiger partial charge in [-0.3, -0.25) is 10.1 Å². The summed E-state index contributed by atoms with van der Waals surface area (Å²) in [6.07, 6.45) is 1.64. The first-order valence-electron chi connectivity index (χ1n) is 5.27. The summed E-state index contributed by atoms with van der Waals surface area (Å²) in [4.78, 5) is 11.2. The summed E-state index contributed by atoms with van der Waals surface area (Å²) < 4.78 is 5.19. The Morgan fingerprint density at radius 3 is 2.78 bits per heavy atom. The summed E-state index contributed by atoms with van der Waals surface area (Å²) in [5.41, 5.74) is 6.72. The lowest BCUT2D eigenvalue weighted by atomic mass is 10.2. The zero-order valence-corrected chi connectivity index (χ0v) is 10.6. The molecule has 0 bridgehead atoms. The second kappa shape index (κ2) is 5.14. The molecule has 2 rings (SSSR count). The molecule has 2 N–H and O–H groups in total. The first-order valence-corrected chi connectivity index (χ1v) is 6.26. The molecular weight excluding hydrogens is 252 g/mol. The molecule has 2 aromatic rings. The van der Waals surface area contributed by atoms with E-state index >= 15 is 0 Å². The van der Waals surface area contributed by atoms with Gasteiger partial charge in [0.2, 0.25) is 0 Å². The van der Waals surface area contributed by atoms with Crippen LogP contribution in [0.5, 0.6) is 0 Å². The third-order valence-corrected chi connectivity index (χ3v) is 3.71. The number of hydrogen-bond acceptors (Lipinski definition) is 5. The van der Waals surface area contributed by atoms with Crippen molar-refractivity contribution in [2.24, 2.45) is 0 Å². The smallest absolute Gasteiger partial charge is 0.292 e. The Kier molecular flexibility index (Phi) is 3.57. The fourth-order valence-electron chi connectivity index (χ4n) is 1.54. The number of rotatable bonds is 4. The Hall–Kier alpha value is -1.95. The molecule has 1 aromatic heterocycles. The standard InChI is InChI=1S/C12H12N2O3S/c1-8-12(4-5-17-8)18-7-9-2-3-11(14(15)16)10(13)6-9/h2-6H,7,13H2,1H3. The van der Waals surface area contributed by atoms with Gasteiger partial charge in [0.25, 0.3) is 5.69 Å². The molecule has 18 heavy (non-hydrogen) atoms. The minimum absolute atomic E-state index is 0.0526. The van der Waals surface area contributed by atoms with Crippen LogP contribution in [0.4, 0.5) is 11.4 Å². The fourth-order valence-corrected chi connectivity index (χ4v) is 2.45. The maximum Gasteiger partial charge on any atom is 0.292 e. The van der Waals surface area contributed by atoms with Gasteiger partial charge in [-0.1, -0.05) is 6.07 Å². The van der Waals surface area contributed by atoms with Crippen molar-refractivity contribution in [3.8, 4) is 0 Å². The number of furan rings is 1. The predicted molar refractivity (Wildman–Crippen MR) is 70.5 cm³/mol. The van der Waals surface area contributed by atoms with Crippen molar-refractivity contribution in [2.45, 2.75) is 17.6 Å². The molecule has 1 aromatic carbocycles. The third-order valence-electron chi connectivity index (χ3n) is 2.49. The van der Waals surface area contributed by atoms with Gasteiger partial charge in [0.05, 0.1) is 11.2 Å². The zero-order valence-electron chi connectivity index (χ0n) is 9.75. The molecule has 0 saturated heterocycles. The van der Waals surface area contributed by atoms with Crippen LogP contribution in [0, 0.1) is 17.0 Å². The topological polar surface area (TPSA) is 82.3 Å². The highest BCUT2D eigenvalue weighted by Crippen LogP contribution is 2.29. The molecule has 0 unspecified atom stereocenters. The monoisotopic (exact) mass is 264 g/mol. The van der Waals surface area contributed by atoms with Gasteiger partial charge in [-0.25, -0.2) is 0 Å². The van der Waals surface area contributed by atoms with E-state index in [0.29, 0.717) is 5.75 Å². The summed E-state index contributed by atoms with van der Waals surface area (Å²) in [6.45, 7) is 1.90. The van der Waals surface area contributed by atoms with Gasteiger partial charge in [0, 0.05) is 16.7 Å². The van der Waals surface area contributed by atoms with Crippen LogP contribution in [0.15, 0.2) is 39.8 Å². The van der Waals surface area contributed by atoms with E-state index in [1.165, 1.54) is 6.07 Å². The number of nitrogens with zero attached hydrogens (tertiary/aromatic N) is 1. The van der Waals surface area contributed by atoms with E-state index in [0.717, 1.165) is 16.2 Å². The minimum Gasteiger partial charge on any atom is -0.468 e. The van der Waals surface area contributed by atoms with Crippen LogP contribution in [-0.2, 0) is 5.75 Å². The van der Waals surface area contributed by atoms with Gasteiger partial charge in [0.1, 0.15) is 11.4 Å². The zero-order chi connectivity index (χ0) is 13.1. The molecule has 1 heterocycles. The molecule has 5 nitrogen and oxygen atoms in total. The molecule has 0 spiro atoms. The molecule has 0 aliphatic heterocycles. The van der Waals surface area contributed by atoms with Crippen molar-refractivity contribution in [1.29, 1.82) is 0 Å². The highest BCUT2D eigenvalue weighted by molar-refractivity contribution is 7.98. The Labute approximate surface area is 108 Å². The molecule has 0 amide bonds. The highest BCUT2D eigenvalue weighted by Gasteiger charge is 2.11. The van der Waals surface area contributed by atoms with Gasteiger partial charge in [-0.15, -0.1) is 11.8 Å². The van der Waals surface area contributed by atoms with Crippen LogP contribution in [-0.4, -0.2) is 4.92 Å². The number of nitro benzene ring substituents is 1. The van der Waals surface area contributed by atoms with Crippen LogP contribution >= 0.6 is 11.8 Å². The van der Waals surface area contributed by atoms with Crippen molar-refractivity contribution in [3.05, 3.63) is 52.0 Å². The lowest BCUT2D eigenvalue weighted by molar-refractivity contribution is -0.383. The number of hydrogen-bond donors (Lipinski definition) is 1. The molecule has 0 aliphatic rings. The molecule has 6 heteroatoms. The molecule has 0 atom stereocenters. The maximum atomic E-state index is 10.6. The van der Waals surface area contributed by atoms with E-state index in [2.05, 4.69) is 0 Å². The average molecular weight is 264 g/mol. The van der Waals surface area contributed by atoms with Crippen LogP contribution in [0.3, 0.4) is 0 Å². The first-order chi connectivity index (χ1) is 8.58.